The highest BCUT2D eigenvalue weighted by molar-refractivity contribution is 9.10. The third-order valence-electron chi connectivity index (χ3n) is 4.39. The first kappa shape index (κ1) is 20.1. The first-order valence-corrected chi connectivity index (χ1v) is 11.7. The molecule has 0 aliphatic carbocycles. The van der Waals surface area contributed by atoms with Crippen LogP contribution in [-0.4, -0.2) is 48.9 Å². The third kappa shape index (κ3) is 3.46. The van der Waals surface area contributed by atoms with Gasteiger partial charge in [0.25, 0.3) is 10.0 Å². The maximum Gasteiger partial charge on any atom is 0.264 e. The molecule has 3 rings (SSSR count). The number of ether oxygens (including phenoxy) is 1. The largest absolute Gasteiger partial charge is 0.496 e. The lowest BCUT2D eigenvalue weighted by Gasteiger charge is -2.20. The van der Waals surface area contributed by atoms with Gasteiger partial charge in [0.15, 0.2) is 0 Å². The van der Waals surface area contributed by atoms with Crippen LogP contribution in [0, 0.1) is 0 Å². The maximum atomic E-state index is 13.1. The van der Waals surface area contributed by atoms with E-state index in [0.717, 1.165) is 4.31 Å². The standard InChI is InChI=1S/C17H19BrN2O5S2/c1-19(2)26(21,22)13-4-6-16-12(10-13)8-9-20(16)27(23,24)14-5-7-17(25-3)15(18)11-14/h4-7,10-11H,8-9H2,1-3H3. The Kier molecular flexibility index (Phi) is 5.28. The Morgan fingerprint density at radius 1 is 1.04 bits per heavy atom. The van der Waals surface area contributed by atoms with Crippen LogP contribution in [0.5, 0.6) is 5.75 Å². The minimum atomic E-state index is -3.78. The number of hydrogen-bond acceptors (Lipinski definition) is 5. The summed E-state index contributed by atoms with van der Waals surface area (Å²) in [7, 11) is -2.93. The number of hydrogen-bond donors (Lipinski definition) is 0. The van der Waals surface area contributed by atoms with Crippen LogP contribution < -0.4 is 9.04 Å². The molecule has 1 aliphatic heterocycles. The fourth-order valence-corrected chi connectivity index (χ4v) is 6.08. The van der Waals surface area contributed by atoms with Crippen molar-refractivity contribution in [1.82, 2.24) is 4.31 Å². The summed E-state index contributed by atoms with van der Waals surface area (Å²) < 4.78 is 58.9. The molecule has 2 aromatic rings. The fraction of sp³-hybridized carbons (Fsp3) is 0.294. The van der Waals surface area contributed by atoms with Crippen molar-refractivity contribution in [2.75, 3.05) is 32.1 Å². The van der Waals surface area contributed by atoms with Gasteiger partial charge < -0.3 is 4.74 Å². The van der Waals surface area contributed by atoms with Gasteiger partial charge in [-0.05, 0) is 64.3 Å². The lowest BCUT2D eigenvalue weighted by Crippen LogP contribution is -2.29. The summed E-state index contributed by atoms with van der Waals surface area (Å²) >= 11 is 3.31. The van der Waals surface area contributed by atoms with Crippen molar-refractivity contribution in [3.63, 3.8) is 0 Å². The molecule has 0 saturated carbocycles. The second kappa shape index (κ2) is 7.08. The SMILES string of the molecule is COc1ccc(S(=O)(=O)N2CCc3cc(S(=O)(=O)N(C)C)ccc32)cc1Br. The summed E-state index contributed by atoms with van der Waals surface area (Å²) in [5.74, 6) is 0.536. The van der Waals surface area contributed by atoms with E-state index in [1.807, 2.05) is 0 Å². The molecule has 0 fully saturated rings. The Balaban J connectivity index is 2.01. The second-order valence-electron chi connectivity index (χ2n) is 6.20. The predicted molar refractivity (Wildman–Crippen MR) is 106 cm³/mol. The molecule has 2 aromatic carbocycles. The van der Waals surface area contributed by atoms with Gasteiger partial charge >= 0.3 is 0 Å². The number of rotatable bonds is 5. The Morgan fingerprint density at radius 3 is 2.30 bits per heavy atom. The van der Waals surface area contributed by atoms with Crippen molar-refractivity contribution in [2.24, 2.45) is 0 Å². The highest BCUT2D eigenvalue weighted by Gasteiger charge is 2.32. The van der Waals surface area contributed by atoms with Crippen LogP contribution in [0.25, 0.3) is 0 Å². The van der Waals surface area contributed by atoms with E-state index < -0.39 is 20.0 Å². The van der Waals surface area contributed by atoms with E-state index in [-0.39, 0.29) is 16.3 Å². The van der Waals surface area contributed by atoms with Crippen LogP contribution >= 0.6 is 15.9 Å². The molecule has 146 valence electrons. The van der Waals surface area contributed by atoms with Gasteiger partial charge in [-0.25, -0.2) is 21.1 Å². The zero-order valence-electron chi connectivity index (χ0n) is 15.0. The van der Waals surface area contributed by atoms with E-state index in [1.165, 1.54) is 43.7 Å². The number of fused-ring (bicyclic) bond motifs is 1. The molecule has 1 heterocycles. The Labute approximate surface area is 167 Å². The Hall–Kier alpha value is -1.62. The minimum Gasteiger partial charge on any atom is -0.496 e. The van der Waals surface area contributed by atoms with Gasteiger partial charge in [-0.1, -0.05) is 0 Å². The van der Waals surface area contributed by atoms with E-state index in [4.69, 9.17) is 4.74 Å². The van der Waals surface area contributed by atoms with Crippen LogP contribution in [0.1, 0.15) is 5.56 Å². The first-order chi connectivity index (χ1) is 12.6. The first-order valence-electron chi connectivity index (χ1n) is 8.01. The Bertz CT molecular complexity index is 1100. The van der Waals surface area contributed by atoms with Gasteiger partial charge in [0.2, 0.25) is 10.0 Å². The number of anilines is 1. The molecular weight excluding hydrogens is 456 g/mol. The van der Waals surface area contributed by atoms with Crippen molar-refractivity contribution >= 4 is 41.7 Å². The number of halogens is 1. The molecule has 0 atom stereocenters. The van der Waals surface area contributed by atoms with Crippen molar-refractivity contribution < 1.29 is 21.6 Å². The molecule has 7 nitrogen and oxygen atoms in total. The smallest absolute Gasteiger partial charge is 0.264 e. The van der Waals surface area contributed by atoms with Crippen molar-refractivity contribution in [2.45, 2.75) is 16.2 Å². The zero-order chi connectivity index (χ0) is 20.0. The molecule has 0 saturated heterocycles. The third-order valence-corrected chi connectivity index (χ3v) is 8.63. The van der Waals surface area contributed by atoms with Crippen molar-refractivity contribution in [3.8, 4) is 5.75 Å². The van der Waals surface area contributed by atoms with Gasteiger partial charge in [-0.2, -0.15) is 0 Å². The average molecular weight is 475 g/mol. The van der Waals surface area contributed by atoms with E-state index in [2.05, 4.69) is 15.9 Å². The van der Waals surface area contributed by atoms with Gasteiger partial charge in [0.05, 0.1) is 27.1 Å². The molecule has 10 heteroatoms. The molecule has 0 N–H and O–H groups in total. The van der Waals surface area contributed by atoms with E-state index >= 15 is 0 Å². The van der Waals surface area contributed by atoms with Crippen LogP contribution in [0.4, 0.5) is 5.69 Å². The Morgan fingerprint density at radius 2 is 1.70 bits per heavy atom. The fourth-order valence-electron chi connectivity index (χ4n) is 2.90. The van der Waals surface area contributed by atoms with Crippen molar-refractivity contribution in [3.05, 3.63) is 46.4 Å². The number of benzene rings is 2. The number of sulfonamides is 2. The molecular formula is C17H19BrN2O5S2. The lowest BCUT2D eigenvalue weighted by molar-refractivity contribution is 0.411. The predicted octanol–water partition coefficient (Wildman–Crippen LogP) is 2.46. The monoisotopic (exact) mass is 474 g/mol. The van der Waals surface area contributed by atoms with Gasteiger partial charge in [-0.15, -0.1) is 0 Å². The van der Waals surface area contributed by atoms with E-state index in [9.17, 15) is 16.8 Å². The maximum absolute atomic E-state index is 13.1. The summed E-state index contributed by atoms with van der Waals surface area (Å²) in [6.45, 7) is 0.257. The number of nitrogens with zero attached hydrogens (tertiary/aromatic N) is 2. The molecule has 0 spiro atoms. The molecule has 27 heavy (non-hydrogen) atoms. The lowest BCUT2D eigenvalue weighted by atomic mass is 10.2. The molecule has 1 aliphatic rings. The average Bonchev–Trinajstić information content (AvgIpc) is 3.05. The molecule has 0 bridgehead atoms. The molecule has 0 aromatic heterocycles. The molecule has 0 unspecified atom stereocenters. The minimum absolute atomic E-state index is 0.132. The number of methoxy groups -OCH3 is 1. The second-order valence-corrected chi connectivity index (χ2v) is 11.1. The van der Waals surface area contributed by atoms with Crippen molar-refractivity contribution in [1.29, 1.82) is 0 Å². The van der Waals surface area contributed by atoms with Crippen LogP contribution in [-0.2, 0) is 26.5 Å². The summed E-state index contributed by atoms with van der Waals surface area (Å²) in [6, 6.07) is 9.10. The zero-order valence-corrected chi connectivity index (χ0v) is 18.2. The molecule has 0 amide bonds. The summed E-state index contributed by atoms with van der Waals surface area (Å²) in [4.78, 5) is 0.283. The van der Waals surface area contributed by atoms with E-state index in [0.29, 0.717) is 27.9 Å². The normalized spacial score (nSPS) is 14.5. The molecule has 0 radical (unpaired) electrons. The van der Waals surface area contributed by atoms with Gasteiger partial charge in [0, 0.05) is 20.6 Å². The highest BCUT2D eigenvalue weighted by atomic mass is 79.9. The highest BCUT2D eigenvalue weighted by Crippen LogP contribution is 2.36. The quantitative estimate of drug-likeness (QED) is 0.664. The summed E-state index contributed by atoms with van der Waals surface area (Å²) in [6.07, 6.45) is 0.447. The van der Waals surface area contributed by atoms with Gasteiger partial charge in [-0.3, -0.25) is 4.31 Å². The summed E-state index contributed by atoms with van der Waals surface area (Å²) in [5, 5.41) is 0. The van der Waals surface area contributed by atoms with Crippen LogP contribution in [0.15, 0.2) is 50.7 Å². The van der Waals surface area contributed by atoms with Crippen LogP contribution in [0.3, 0.4) is 0 Å². The summed E-state index contributed by atoms with van der Waals surface area (Å²) in [5.41, 5.74) is 1.19. The van der Waals surface area contributed by atoms with E-state index in [1.54, 1.807) is 18.2 Å². The topological polar surface area (TPSA) is 84.0 Å². The van der Waals surface area contributed by atoms with Crippen LogP contribution in [0.2, 0.25) is 0 Å². The van der Waals surface area contributed by atoms with Gasteiger partial charge in [0.1, 0.15) is 5.75 Å².